The van der Waals surface area contributed by atoms with E-state index in [1.54, 1.807) is 0 Å². The fraction of sp³-hybridized carbons (Fsp3) is 0.200. The van der Waals surface area contributed by atoms with Crippen LogP contribution in [0.2, 0.25) is 0 Å². The summed E-state index contributed by atoms with van der Waals surface area (Å²) in [5.41, 5.74) is 2.64. The molecule has 0 fully saturated rings. The molecule has 0 atom stereocenters. The molecule has 0 N–H and O–H groups in total. The number of benzene rings is 1. The van der Waals surface area contributed by atoms with E-state index in [4.69, 9.17) is 0 Å². The van der Waals surface area contributed by atoms with Crippen molar-refractivity contribution in [1.82, 2.24) is 4.57 Å². The van der Waals surface area contributed by atoms with E-state index in [9.17, 15) is 0 Å². The van der Waals surface area contributed by atoms with E-state index in [-0.39, 0.29) is 0 Å². The second-order valence-electron chi connectivity index (χ2n) is 3.11. The largest absolute Gasteiger partial charge is 0.349 e. The molecule has 0 aliphatic rings. The molecule has 0 unspecified atom stereocenters. The van der Waals surface area contributed by atoms with Gasteiger partial charge in [-0.15, -0.1) is 0 Å². The lowest BCUT2D eigenvalue weighted by molar-refractivity contribution is 0.965. The lowest BCUT2D eigenvalue weighted by Crippen LogP contribution is -1.83. The molecule has 2 rings (SSSR count). The van der Waals surface area contributed by atoms with Crippen molar-refractivity contribution < 1.29 is 0 Å². The molecule has 62 valence electrons. The molecule has 12 heavy (non-hydrogen) atoms. The predicted molar refractivity (Wildman–Crippen MR) is 60.4 cm³/mol. The van der Waals surface area contributed by atoms with Crippen molar-refractivity contribution in [2.45, 2.75) is 6.92 Å². The van der Waals surface area contributed by atoms with E-state index in [1.165, 1.54) is 20.0 Å². The van der Waals surface area contributed by atoms with Crippen LogP contribution in [0.3, 0.4) is 0 Å². The molecular weight excluding hydrogens is 261 g/mol. The van der Waals surface area contributed by atoms with Crippen molar-refractivity contribution in [3.8, 4) is 0 Å². The van der Waals surface area contributed by atoms with E-state index in [0.717, 1.165) is 0 Å². The number of nitrogens with zero attached hydrogens (tertiary/aromatic N) is 1. The minimum atomic E-state index is 1.32. The van der Waals surface area contributed by atoms with Gasteiger partial charge in [-0.3, -0.25) is 0 Å². The van der Waals surface area contributed by atoms with Gasteiger partial charge in [0.2, 0.25) is 0 Å². The van der Waals surface area contributed by atoms with Crippen LogP contribution in [0.1, 0.15) is 5.56 Å². The molecule has 0 aliphatic carbocycles. The van der Waals surface area contributed by atoms with Crippen LogP contribution in [0.25, 0.3) is 10.9 Å². The van der Waals surface area contributed by atoms with Crippen molar-refractivity contribution in [2.24, 2.45) is 7.05 Å². The van der Waals surface area contributed by atoms with Crippen LogP contribution in [-0.4, -0.2) is 4.57 Å². The Balaban J connectivity index is 2.90. The Bertz CT molecular complexity index is 429. The van der Waals surface area contributed by atoms with E-state index >= 15 is 0 Å². The summed E-state index contributed by atoms with van der Waals surface area (Å²) >= 11 is 2.37. The molecule has 0 radical (unpaired) electrons. The highest BCUT2D eigenvalue weighted by Gasteiger charge is 2.02. The third kappa shape index (κ3) is 1.14. The van der Waals surface area contributed by atoms with Crippen LogP contribution >= 0.6 is 22.6 Å². The number of halogens is 1. The third-order valence-corrected chi connectivity index (χ3v) is 2.96. The van der Waals surface area contributed by atoms with Crippen molar-refractivity contribution in [3.05, 3.63) is 33.5 Å². The second kappa shape index (κ2) is 2.76. The fourth-order valence-corrected chi connectivity index (χ4v) is 2.32. The molecule has 0 saturated carbocycles. The summed E-state index contributed by atoms with van der Waals surface area (Å²) in [6.07, 6.45) is 2.16. The normalized spacial score (nSPS) is 10.9. The Kier molecular flexibility index (Phi) is 1.87. The Hall–Kier alpha value is -0.510. The number of hydrogen-bond acceptors (Lipinski definition) is 0. The molecule has 1 aromatic heterocycles. The molecule has 1 heterocycles. The van der Waals surface area contributed by atoms with Gasteiger partial charge in [0.05, 0.1) is 0 Å². The molecule has 2 aromatic rings. The predicted octanol–water partition coefficient (Wildman–Crippen LogP) is 3.09. The highest BCUT2D eigenvalue weighted by molar-refractivity contribution is 14.1. The van der Waals surface area contributed by atoms with Gasteiger partial charge in [-0.05, 0) is 41.1 Å². The van der Waals surface area contributed by atoms with Gasteiger partial charge >= 0.3 is 0 Å². The molecule has 0 bridgehead atoms. The van der Waals surface area contributed by atoms with Gasteiger partial charge in [-0.25, -0.2) is 0 Å². The lowest BCUT2D eigenvalue weighted by Gasteiger charge is -1.96. The zero-order valence-electron chi connectivity index (χ0n) is 7.13. The smallest absolute Gasteiger partial charge is 0.0491 e. The zero-order valence-corrected chi connectivity index (χ0v) is 9.29. The maximum atomic E-state index is 2.37. The summed E-state index contributed by atoms with van der Waals surface area (Å²) in [6.45, 7) is 2.12. The average Bonchev–Trinajstić information content (AvgIpc) is 2.28. The van der Waals surface area contributed by atoms with Crippen molar-refractivity contribution in [3.63, 3.8) is 0 Å². The maximum Gasteiger partial charge on any atom is 0.0491 e. The van der Waals surface area contributed by atoms with Gasteiger partial charge in [0.25, 0.3) is 0 Å². The first-order chi connectivity index (χ1) is 5.68. The molecule has 0 spiro atoms. The summed E-state index contributed by atoms with van der Waals surface area (Å²) in [4.78, 5) is 0. The van der Waals surface area contributed by atoms with Crippen LogP contribution in [0.15, 0.2) is 24.4 Å². The standard InChI is InChI=1S/C10H10IN/c1-7-3-4-8-9(11)6-12(2)10(8)5-7/h3-6H,1-2H3. The van der Waals surface area contributed by atoms with E-state index in [1.807, 2.05) is 0 Å². The van der Waals surface area contributed by atoms with E-state index in [2.05, 4.69) is 65.5 Å². The Labute approximate surface area is 85.5 Å². The quantitative estimate of drug-likeness (QED) is 0.649. The highest BCUT2D eigenvalue weighted by Crippen LogP contribution is 2.22. The summed E-state index contributed by atoms with van der Waals surface area (Å²) in [6, 6.07) is 6.56. The number of aromatic nitrogens is 1. The minimum absolute atomic E-state index is 1.32. The molecular formula is C10H10IN. The van der Waals surface area contributed by atoms with Crippen LogP contribution in [-0.2, 0) is 7.05 Å². The first-order valence-corrected chi connectivity index (χ1v) is 4.97. The minimum Gasteiger partial charge on any atom is -0.349 e. The number of rotatable bonds is 0. The van der Waals surface area contributed by atoms with Crippen molar-refractivity contribution in [1.29, 1.82) is 0 Å². The van der Waals surface area contributed by atoms with Gasteiger partial charge in [-0.2, -0.15) is 0 Å². The molecule has 2 heteroatoms. The highest BCUT2D eigenvalue weighted by atomic mass is 127. The fourth-order valence-electron chi connectivity index (χ4n) is 1.44. The zero-order chi connectivity index (χ0) is 8.72. The summed E-state index contributed by atoms with van der Waals surface area (Å²) in [7, 11) is 2.09. The third-order valence-electron chi connectivity index (χ3n) is 2.10. The van der Waals surface area contributed by atoms with Crippen LogP contribution in [0, 0.1) is 10.5 Å². The topological polar surface area (TPSA) is 4.93 Å². The second-order valence-corrected chi connectivity index (χ2v) is 4.27. The SMILES string of the molecule is Cc1ccc2c(I)cn(C)c2c1. The first kappa shape index (κ1) is 8.10. The monoisotopic (exact) mass is 271 g/mol. The molecule has 0 amide bonds. The lowest BCUT2D eigenvalue weighted by atomic mass is 10.2. The van der Waals surface area contributed by atoms with E-state index in [0.29, 0.717) is 0 Å². The summed E-state index contributed by atoms with van der Waals surface area (Å²) < 4.78 is 3.49. The van der Waals surface area contributed by atoms with Crippen LogP contribution in [0.4, 0.5) is 0 Å². The summed E-state index contributed by atoms with van der Waals surface area (Å²) in [5, 5.41) is 1.35. The molecule has 1 aromatic carbocycles. The van der Waals surface area contributed by atoms with Gasteiger partial charge in [0.15, 0.2) is 0 Å². The van der Waals surface area contributed by atoms with Gasteiger partial charge in [0, 0.05) is 27.7 Å². The van der Waals surface area contributed by atoms with Gasteiger partial charge in [-0.1, -0.05) is 12.1 Å². The number of fused-ring (bicyclic) bond motifs is 1. The molecule has 1 nitrogen and oxygen atoms in total. The van der Waals surface area contributed by atoms with Crippen LogP contribution in [0.5, 0.6) is 0 Å². The van der Waals surface area contributed by atoms with Gasteiger partial charge in [0.1, 0.15) is 0 Å². The molecule has 0 aliphatic heterocycles. The Morgan fingerprint density at radius 3 is 2.83 bits per heavy atom. The van der Waals surface area contributed by atoms with Crippen molar-refractivity contribution in [2.75, 3.05) is 0 Å². The maximum absolute atomic E-state index is 2.37. The first-order valence-electron chi connectivity index (χ1n) is 3.89. The average molecular weight is 271 g/mol. The molecule has 0 saturated heterocycles. The van der Waals surface area contributed by atoms with Crippen molar-refractivity contribution >= 4 is 33.5 Å². The number of hydrogen-bond donors (Lipinski definition) is 0. The Morgan fingerprint density at radius 1 is 1.33 bits per heavy atom. The number of aryl methyl sites for hydroxylation is 2. The van der Waals surface area contributed by atoms with E-state index < -0.39 is 0 Å². The summed E-state index contributed by atoms with van der Waals surface area (Å²) in [5.74, 6) is 0. The van der Waals surface area contributed by atoms with Crippen LogP contribution < -0.4 is 0 Å². The Morgan fingerprint density at radius 2 is 2.08 bits per heavy atom. The van der Waals surface area contributed by atoms with Gasteiger partial charge < -0.3 is 4.57 Å².